The minimum absolute atomic E-state index is 0.0565. The molecule has 0 amide bonds. The van der Waals surface area contributed by atoms with E-state index in [4.69, 9.17) is 5.11 Å². The molecule has 1 aliphatic rings. The summed E-state index contributed by atoms with van der Waals surface area (Å²) in [6, 6.07) is 0. The number of nitrogens with one attached hydrogen (secondary N) is 1. The predicted molar refractivity (Wildman–Crippen MR) is 64.6 cm³/mol. The van der Waals surface area contributed by atoms with Crippen LogP contribution < -0.4 is 5.69 Å². The molecule has 2 N–H and O–H groups in total. The number of carboxylic acids is 1. The number of likely N-dealkylation sites (tertiary alicyclic amines) is 1. The number of hydrogen-bond donors (Lipinski definition) is 2. The van der Waals surface area contributed by atoms with Gasteiger partial charge in [0.1, 0.15) is 5.82 Å². The third kappa shape index (κ3) is 2.79. The largest absolute Gasteiger partial charge is 0.481 e. The second-order valence-electron chi connectivity index (χ2n) is 4.76. The molecule has 0 unspecified atom stereocenters. The molecule has 18 heavy (non-hydrogen) atoms. The van der Waals surface area contributed by atoms with Gasteiger partial charge in [-0.05, 0) is 33.0 Å². The summed E-state index contributed by atoms with van der Waals surface area (Å²) in [4.78, 5) is 24.4. The second kappa shape index (κ2) is 5.34. The first-order chi connectivity index (χ1) is 8.58. The Labute approximate surface area is 104 Å². The molecule has 1 saturated heterocycles. The maximum Gasteiger partial charge on any atom is 0.343 e. The first-order valence-electron chi connectivity index (χ1n) is 6.13. The highest BCUT2D eigenvalue weighted by atomic mass is 16.4. The van der Waals surface area contributed by atoms with Gasteiger partial charge in [0.2, 0.25) is 0 Å². The van der Waals surface area contributed by atoms with Gasteiger partial charge >= 0.3 is 11.7 Å². The van der Waals surface area contributed by atoms with E-state index < -0.39 is 5.97 Å². The zero-order valence-electron chi connectivity index (χ0n) is 10.4. The SMILES string of the molecule is CN1CCC(c2n[nH]c(=O)n2CCC(=O)O)CC1. The average molecular weight is 254 g/mol. The zero-order valence-corrected chi connectivity index (χ0v) is 10.4. The molecule has 100 valence electrons. The van der Waals surface area contributed by atoms with Crippen molar-refractivity contribution in [2.45, 2.75) is 31.7 Å². The van der Waals surface area contributed by atoms with E-state index in [1.54, 1.807) is 0 Å². The minimum atomic E-state index is -0.905. The standard InChI is InChI=1S/C11H18N4O3/c1-14-5-2-8(3-6-14)10-12-13-11(18)15(10)7-4-9(16)17/h8H,2-7H2,1H3,(H,13,18)(H,16,17). The smallest absolute Gasteiger partial charge is 0.343 e. The minimum Gasteiger partial charge on any atom is -0.481 e. The van der Waals surface area contributed by atoms with Crippen LogP contribution in [-0.4, -0.2) is 50.9 Å². The summed E-state index contributed by atoms with van der Waals surface area (Å²) in [5.41, 5.74) is -0.315. The van der Waals surface area contributed by atoms with Crippen molar-refractivity contribution in [1.82, 2.24) is 19.7 Å². The lowest BCUT2D eigenvalue weighted by Crippen LogP contribution is -2.31. The number of piperidine rings is 1. The summed E-state index contributed by atoms with van der Waals surface area (Å²) < 4.78 is 1.46. The quantitative estimate of drug-likeness (QED) is 0.780. The second-order valence-corrected chi connectivity index (χ2v) is 4.76. The van der Waals surface area contributed by atoms with Gasteiger partial charge in [-0.1, -0.05) is 0 Å². The van der Waals surface area contributed by atoms with Gasteiger partial charge in [-0.15, -0.1) is 0 Å². The number of nitrogens with zero attached hydrogens (tertiary/aromatic N) is 3. The molecule has 0 radical (unpaired) electrons. The Kier molecular flexibility index (Phi) is 3.81. The number of rotatable bonds is 4. The van der Waals surface area contributed by atoms with E-state index in [1.807, 2.05) is 0 Å². The Balaban J connectivity index is 2.12. The molecule has 0 spiro atoms. The molecule has 1 aliphatic heterocycles. The van der Waals surface area contributed by atoms with Crippen LogP contribution in [0, 0.1) is 0 Å². The Bertz CT molecular complexity index is 471. The Morgan fingerprint density at radius 2 is 2.17 bits per heavy atom. The average Bonchev–Trinajstić information content (AvgIpc) is 2.69. The van der Waals surface area contributed by atoms with Crippen molar-refractivity contribution in [2.24, 2.45) is 0 Å². The molecule has 1 aromatic rings. The highest BCUT2D eigenvalue weighted by Gasteiger charge is 2.24. The van der Waals surface area contributed by atoms with Crippen molar-refractivity contribution >= 4 is 5.97 Å². The molecule has 0 atom stereocenters. The fourth-order valence-electron chi connectivity index (χ4n) is 2.33. The van der Waals surface area contributed by atoms with Crippen LogP contribution in [0.15, 0.2) is 4.79 Å². The van der Waals surface area contributed by atoms with E-state index in [0.717, 1.165) is 25.9 Å². The molecule has 1 fully saturated rings. The van der Waals surface area contributed by atoms with Gasteiger partial charge in [0, 0.05) is 12.5 Å². The molecule has 0 bridgehead atoms. The maximum atomic E-state index is 11.6. The summed E-state index contributed by atoms with van der Waals surface area (Å²) in [6.07, 6.45) is 1.85. The van der Waals surface area contributed by atoms with Crippen LogP contribution in [-0.2, 0) is 11.3 Å². The Hall–Kier alpha value is -1.63. The fraction of sp³-hybridized carbons (Fsp3) is 0.727. The van der Waals surface area contributed by atoms with Gasteiger partial charge in [0.05, 0.1) is 6.42 Å². The van der Waals surface area contributed by atoms with Crippen molar-refractivity contribution in [3.05, 3.63) is 16.3 Å². The van der Waals surface area contributed by atoms with Crippen LogP contribution in [0.25, 0.3) is 0 Å². The maximum absolute atomic E-state index is 11.6. The lowest BCUT2D eigenvalue weighted by molar-refractivity contribution is -0.137. The van der Waals surface area contributed by atoms with Gasteiger partial charge in [0.15, 0.2) is 0 Å². The van der Waals surface area contributed by atoms with Crippen LogP contribution in [0.3, 0.4) is 0 Å². The number of aliphatic carboxylic acids is 1. The van der Waals surface area contributed by atoms with Crippen LogP contribution >= 0.6 is 0 Å². The molecular formula is C11H18N4O3. The number of H-pyrrole nitrogens is 1. The highest BCUT2D eigenvalue weighted by Crippen LogP contribution is 2.25. The van der Waals surface area contributed by atoms with Crippen LogP contribution in [0.5, 0.6) is 0 Å². The molecule has 2 heterocycles. The predicted octanol–water partition coefficient (Wildman–Crippen LogP) is -0.145. The van der Waals surface area contributed by atoms with E-state index in [9.17, 15) is 9.59 Å². The van der Waals surface area contributed by atoms with Gasteiger partial charge in [-0.3, -0.25) is 9.36 Å². The fourth-order valence-corrected chi connectivity index (χ4v) is 2.33. The molecule has 1 aromatic heterocycles. The topological polar surface area (TPSA) is 91.2 Å². The summed E-state index contributed by atoms with van der Waals surface area (Å²) >= 11 is 0. The molecule has 0 aromatic carbocycles. The normalized spacial score (nSPS) is 18.1. The van der Waals surface area contributed by atoms with Gasteiger partial charge in [-0.2, -0.15) is 5.10 Å². The van der Waals surface area contributed by atoms with Crippen LogP contribution in [0.2, 0.25) is 0 Å². The van der Waals surface area contributed by atoms with Crippen molar-refractivity contribution in [3.63, 3.8) is 0 Å². The number of carboxylic acid groups (broad SMARTS) is 1. The summed E-state index contributed by atoms with van der Waals surface area (Å²) in [5, 5.41) is 15.2. The highest BCUT2D eigenvalue weighted by molar-refractivity contribution is 5.66. The third-order valence-corrected chi connectivity index (χ3v) is 3.42. The van der Waals surface area contributed by atoms with Crippen molar-refractivity contribution in [1.29, 1.82) is 0 Å². The lowest BCUT2D eigenvalue weighted by atomic mass is 9.96. The van der Waals surface area contributed by atoms with E-state index in [-0.39, 0.29) is 24.6 Å². The molecular weight excluding hydrogens is 236 g/mol. The first kappa shape index (κ1) is 12.8. The number of aromatic nitrogens is 3. The van der Waals surface area contributed by atoms with E-state index in [1.165, 1.54) is 4.57 Å². The summed E-state index contributed by atoms with van der Waals surface area (Å²) in [7, 11) is 2.07. The van der Waals surface area contributed by atoms with E-state index in [0.29, 0.717) is 5.82 Å². The van der Waals surface area contributed by atoms with Gasteiger partial charge in [0.25, 0.3) is 0 Å². The van der Waals surface area contributed by atoms with E-state index in [2.05, 4.69) is 22.1 Å². The molecule has 2 rings (SSSR count). The molecule has 0 aliphatic carbocycles. The summed E-state index contributed by atoms with van der Waals surface area (Å²) in [5.74, 6) is 0.0423. The van der Waals surface area contributed by atoms with Crippen molar-refractivity contribution < 1.29 is 9.90 Å². The number of hydrogen-bond acceptors (Lipinski definition) is 4. The molecule has 7 heteroatoms. The Morgan fingerprint density at radius 3 is 2.78 bits per heavy atom. The summed E-state index contributed by atoms with van der Waals surface area (Å²) in [6.45, 7) is 2.14. The number of carbonyl (C=O) groups is 1. The van der Waals surface area contributed by atoms with Gasteiger partial charge in [-0.25, -0.2) is 9.89 Å². The molecule has 7 nitrogen and oxygen atoms in total. The Morgan fingerprint density at radius 1 is 1.50 bits per heavy atom. The number of aromatic amines is 1. The van der Waals surface area contributed by atoms with Gasteiger partial charge < -0.3 is 10.0 Å². The van der Waals surface area contributed by atoms with E-state index >= 15 is 0 Å². The monoisotopic (exact) mass is 254 g/mol. The van der Waals surface area contributed by atoms with Crippen LogP contribution in [0.1, 0.15) is 31.0 Å². The van der Waals surface area contributed by atoms with Crippen molar-refractivity contribution in [3.8, 4) is 0 Å². The third-order valence-electron chi connectivity index (χ3n) is 3.42. The first-order valence-corrected chi connectivity index (χ1v) is 6.13. The van der Waals surface area contributed by atoms with Crippen LogP contribution in [0.4, 0.5) is 0 Å². The molecule has 0 saturated carbocycles. The van der Waals surface area contributed by atoms with Crippen molar-refractivity contribution in [2.75, 3.05) is 20.1 Å². The zero-order chi connectivity index (χ0) is 13.1. The lowest BCUT2D eigenvalue weighted by Gasteiger charge is -2.28.